The van der Waals surface area contributed by atoms with Crippen LogP contribution in [0.5, 0.6) is 0 Å². The smallest absolute Gasteiger partial charge is 0.208 e. The third-order valence-corrected chi connectivity index (χ3v) is 3.96. The van der Waals surface area contributed by atoms with Crippen LogP contribution in [-0.4, -0.2) is 30.8 Å². The van der Waals surface area contributed by atoms with Crippen LogP contribution in [0.25, 0.3) is 11.0 Å². The Balaban J connectivity index is 2.25. The van der Waals surface area contributed by atoms with Crippen LogP contribution in [0.15, 0.2) is 18.2 Å². The molecule has 1 atom stereocenters. The Morgan fingerprint density at radius 2 is 2.19 bits per heavy atom. The zero-order valence-electron chi connectivity index (χ0n) is 11.8. The number of alkyl halides is 1. The molecule has 0 aliphatic carbocycles. The van der Waals surface area contributed by atoms with Crippen molar-refractivity contribution in [1.29, 1.82) is 0 Å². The first-order valence-corrected chi connectivity index (χ1v) is 8.86. The van der Waals surface area contributed by atoms with E-state index < -0.39 is 10.0 Å². The minimum atomic E-state index is -3.20. The molecule has 21 heavy (non-hydrogen) atoms. The van der Waals surface area contributed by atoms with E-state index in [0.717, 1.165) is 6.26 Å². The molecule has 1 aromatic carbocycles. The van der Waals surface area contributed by atoms with Crippen LogP contribution < -0.4 is 4.72 Å². The summed E-state index contributed by atoms with van der Waals surface area (Å²) in [5.41, 5.74) is 0.952. The molecule has 0 fully saturated rings. The summed E-state index contributed by atoms with van der Waals surface area (Å²) in [7, 11) is -3.20. The standard InChI is InChI=1S/C13H17ClFN3O2S/c1-9(14)13-17-12-10(15)5-3-6-11(12)18(13)8-4-7-16-21(2,19)20/h3,5-6,9,16H,4,7-8H2,1-2H3. The molecular weight excluding hydrogens is 317 g/mol. The summed E-state index contributed by atoms with van der Waals surface area (Å²) in [6.45, 7) is 2.59. The van der Waals surface area contributed by atoms with Gasteiger partial charge in [-0.2, -0.15) is 0 Å². The second-order valence-electron chi connectivity index (χ2n) is 4.87. The largest absolute Gasteiger partial charge is 0.327 e. The monoisotopic (exact) mass is 333 g/mol. The van der Waals surface area contributed by atoms with Crippen molar-refractivity contribution < 1.29 is 12.8 Å². The lowest BCUT2D eigenvalue weighted by Gasteiger charge is -2.10. The van der Waals surface area contributed by atoms with Gasteiger partial charge in [0, 0.05) is 13.1 Å². The first-order chi connectivity index (χ1) is 9.79. The Morgan fingerprint density at radius 1 is 1.48 bits per heavy atom. The van der Waals surface area contributed by atoms with Gasteiger partial charge in [0.15, 0.2) is 5.82 Å². The Labute approximate surface area is 128 Å². The second-order valence-corrected chi connectivity index (χ2v) is 7.35. The number of hydrogen-bond donors (Lipinski definition) is 1. The summed E-state index contributed by atoms with van der Waals surface area (Å²) in [4.78, 5) is 4.26. The van der Waals surface area contributed by atoms with E-state index in [1.807, 2.05) is 4.57 Å². The molecule has 2 aromatic rings. The van der Waals surface area contributed by atoms with E-state index in [-0.39, 0.29) is 16.7 Å². The van der Waals surface area contributed by atoms with Gasteiger partial charge in [0.05, 0.1) is 17.1 Å². The van der Waals surface area contributed by atoms with Crippen molar-refractivity contribution in [3.05, 3.63) is 29.8 Å². The highest BCUT2D eigenvalue weighted by atomic mass is 35.5. The van der Waals surface area contributed by atoms with Gasteiger partial charge < -0.3 is 4.57 Å². The van der Waals surface area contributed by atoms with Crippen molar-refractivity contribution in [1.82, 2.24) is 14.3 Å². The van der Waals surface area contributed by atoms with Crippen molar-refractivity contribution in [2.45, 2.75) is 25.3 Å². The zero-order valence-corrected chi connectivity index (χ0v) is 13.4. The molecule has 0 radical (unpaired) electrons. The molecular formula is C13H17ClFN3O2S. The molecule has 0 aliphatic heterocycles. The number of nitrogens with one attached hydrogen (secondary N) is 1. The second kappa shape index (κ2) is 6.29. The molecule has 1 N–H and O–H groups in total. The van der Waals surface area contributed by atoms with Gasteiger partial charge in [-0.15, -0.1) is 11.6 Å². The van der Waals surface area contributed by atoms with E-state index in [4.69, 9.17) is 11.6 Å². The van der Waals surface area contributed by atoms with Crippen molar-refractivity contribution in [3.8, 4) is 0 Å². The predicted molar refractivity (Wildman–Crippen MR) is 81.4 cm³/mol. The molecule has 0 bridgehead atoms. The normalized spacial score (nSPS) is 13.7. The first kappa shape index (κ1) is 16.2. The fraction of sp³-hybridized carbons (Fsp3) is 0.462. The van der Waals surface area contributed by atoms with Gasteiger partial charge in [-0.25, -0.2) is 22.5 Å². The molecule has 0 spiro atoms. The minimum absolute atomic E-state index is 0.288. The van der Waals surface area contributed by atoms with Gasteiger partial charge in [0.1, 0.15) is 11.3 Å². The predicted octanol–water partition coefficient (Wildman–Crippen LogP) is 2.41. The van der Waals surface area contributed by atoms with Crippen LogP contribution in [-0.2, 0) is 16.6 Å². The molecule has 0 aliphatic rings. The Hall–Kier alpha value is -1.18. The van der Waals surface area contributed by atoms with Crippen LogP contribution in [0.2, 0.25) is 0 Å². The highest BCUT2D eigenvalue weighted by Gasteiger charge is 2.16. The lowest BCUT2D eigenvalue weighted by Crippen LogP contribution is -2.24. The molecule has 116 valence electrons. The quantitative estimate of drug-likeness (QED) is 0.652. The lowest BCUT2D eigenvalue weighted by atomic mass is 10.3. The van der Waals surface area contributed by atoms with Crippen LogP contribution >= 0.6 is 11.6 Å². The summed E-state index contributed by atoms with van der Waals surface area (Å²) < 4.78 is 40.1. The van der Waals surface area contributed by atoms with Crippen LogP contribution in [0.4, 0.5) is 4.39 Å². The van der Waals surface area contributed by atoms with Gasteiger partial charge in [-0.1, -0.05) is 6.07 Å². The summed E-state index contributed by atoms with van der Waals surface area (Å²) in [6.07, 6.45) is 1.67. The number of imidazole rings is 1. The van der Waals surface area contributed by atoms with Crippen LogP contribution in [0.1, 0.15) is 24.5 Å². The van der Waals surface area contributed by atoms with E-state index in [9.17, 15) is 12.8 Å². The van der Waals surface area contributed by atoms with Crippen LogP contribution in [0, 0.1) is 5.82 Å². The van der Waals surface area contributed by atoms with Crippen molar-refractivity contribution in [2.24, 2.45) is 0 Å². The molecule has 8 heteroatoms. The number of rotatable bonds is 6. The van der Waals surface area contributed by atoms with Gasteiger partial charge in [-0.3, -0.25) is 0 Å². The van der Waals surface area contributed by atoms with E-state index in [0.29, 0.717) is 30.9 Å². The maximum absolute atomic E-state index is 13.8. The number of fused-ring (bicyclic) bond motifs is 1. The number of nitrogens with zero attached hydrogens (tertiary/aromatic N) is 2. The highest BCUT2D eigenvalue weighted by molar-refractivity contribution is 7.88. The Kier molecular flexibility index (Phi) is 4.85. The van der Waals surface area contributed by atoms with Gasteiger partial charge >= 0.3 is 0 Å². The SMILES string of the molecule is CC(Cl)c1nc2c(F)cccc2n1CCCNS(C)(=O)=O. The average molecular weight is 334 g/mol. The third kappa shape index (κ3) is 3.93. The molecule has 0 saturated carbocycles. The number of aromatic nitrogens is 2. The molecule has 1 heterocycles. The number of sulfonamides is 1. The molecule has 0 amide bonds. The molecule has 1 unspecified atom stereocenters. The number of para-hydroxylation sites is 1. The fourth-order valence-electron chi connectivity index (χ4n) is 2.16. The van der Waals surface area contributed by atoms with Gasteiger partial charge in [0.25, 0.3) is 0 Å². The van der Waals surface area contributed by atoms with E-state index in [1.54, 1.807) is 19.1 Å². The number of halogens is 2. The summed E-state index contributed by atoms with van der Waals surface area (Å²) >= 11 is 6.10. The molecule has 0 saturated heterocycles. The number of aryl methyl sites for hydroxylation is 1. The number of benzene rings is 1. The van der Waals surface area contributed by atoms with E-state index in [1.165, 1.54) is 6.07 Å². The Bertz CT molecular complexity index is 743. The zero-order chi connectivity index (χ0) is 15.6. The maximum Gasteiger partial charge on any atom is 0.208 e. The van der Waals surface area contributed by atoms with Gasteiger partial charge in [-0.05, 0) is 25.5 Å². The van der Waals surface area contributed by atoms with Crippen molar-refractivity contribution in [3.63, 3.8) is 0 Å². The third-order valence-electron chi connectivity index (χ3n) is 3.04. The topological polar surface area (TPSA) is 64.0 Å². The minimum Gasteiger partial charge on any atom is -0.327 e. The molecule has 5 nitrogen and oxygen atoms in total. The van der Waals surface area contributed by atoms with E-state index >= 15 is 0 Å². The van der Waals surface area contributed by atoms with Crippen LogP contribution in [0.3, 0.4) is 0 Å². The maximum atomic E-state index is 13.8. The molecule has 2 rings (SSSR count). The average Bonchev–Trinajstić information content (AvgIpc) is 2.74. The highest BCUT2D eigenvalue weighted by Crippen LogP contribution is 2.26. The van der Waals surface area contributed by atoms with E-state index in [2.05, 4.69) is 9.71 Å². The Morgan fingerprint density at radius 3 is 2.81 bits per heavy atom. The lowest BCUT2D eigenvalue weighted by molar-refractivity contribution is 0.573. The first-order valence-electron chi connectivity index (χ1n) is 6.53. The summed E-state index contributed by atoms with van der Waals surface area (Å²) in [6, 6.07) is 4.75. The fourth-order valence-corrected chi connectivity index (χ4v) is 2.85. The van der Waals surface area contributed by atoms with Gasteiger partial charge in [0.2, 0.25) is 10.0 Å². The molecule has 1 aromatic heterocycles. The summed E-state index contributed by atoms with van der Waals surface area (Å²) in [5, 5.41) is -0.361. The summed E-state index contributed by atoms with van der Waals surface area (Å²) in [5.74, 6) is 0.190. The van der Waals surface area contributed by atoms with Crippen molar-refractivity contribution >= 4 is 32.7 Å². The van der Waals surface area contributed by atoms with Crippen molar-refractivity contribution in [2.75, 3.05) is 12.8 Å². The number of hydrogen-bond acceptors (Lipinski definition) is 3.